The van der Waals surface area contributed by atoms with Gasteiger partial charge in [-0.2, -0.15) is 0 Å². The minimum absolute atomic E-state index is 0.000935. The monoisotopic (exact) mass is 430 g/mol. The van der Waals surface area contributed by atoms with Crippen LogP contribution in [0.15, 0.2) is 0 Å². The van der Waals surface area contributed by atoms with E-state index in [1.54, 1.807) is 0 Å². The van der Waals surface area contributed by atoms with Crippen molar-refractivity contribution >= 4 is 5.91 Å². The van der Waals surface area contributed by atoms with E-state index in [0.717, 1.165) is 0 Å². The molecule has 10 heteroatoms. The zero-order valence-corrected chi connectivity index (χ0v) is 18.0. The van der Waals surface area contributed by atoms with Crippen molar-refractivity contribution < 1.29 is 38.3 Å². The molecule has 4 aliphatic heterocycles. The number of carbonyl (C=O) groups excluding carboxylic acids is 1. The Bertz CT molecular complexity index is 644. The fourth-order valence-electron chi connectivity index (χ4n) is 4.89. The van der Waals surface area contributed by atoms with Gasteiger partial charge in [-0.1, -0.05) is 0 Å². The highest BCUT2D eigenvalue weighted by atomic mass is 16.8. The largest absolute Gasteiger partial charge is 0.396 e. The molecule has 0 unspecified atom stereocenters. The normalized spacial score (nSPS) is 43.5. The summed E-state index contributed by atoms with van der Waals surface area (Å²) < 4.78 is 35.7. The first-order valence-corrected chi connectivity index (χ1v) is 10.7. The molecule has 0 radical (unpaired) electrons. The van der Waals surface area contributed by atoms with E-state index in [0.29, 0.717) is 13.0 Å². The quantitative estimate of drug-likeness (QED) is 0.485. The molecule has 30 heavy (non-hydrogen) atoms. The minimum atomic E-state index is -0.720. The van der Waals surface area contributed by atoms with E-state index in [4.69, 9.17) is 34.2 Å². The highest BCUT2D eigenvalue weighted by Crippen LogP contribution is 2.40. The molecule has 1 amide bonds. The number of amides is 1. The van der Waals surface area contributed by atoms with Crippen molar-refractivity contribution in [2.75, 3.05) is 19.7 Å². The van der Waals surface area contributed by atoms with Gasteiger partial charge in [-0.05, 0) is 34.1 Å². The highest BCUT2D eigenvalue weighted by Gasteiger charge is 2.56. The topological polar surface area (TPSA) is 131 Å². The lowest BCUT2D eigenvalue weighted by Gasteiger charge is -2.25. The Hall–Kier alpha value is -0.850. The predicted molar refractivity (Wildman–Crippen MR) is 103 cm³/mol. The van der Waals surface area contributed by atoms with Gasteiger partial charge in [-0.25, -0.2) is 0 Å². The molecule has 4 heterocycles. The average Bonchev–Trinajstić information content (AvgIpc) is 3.33. The first kappa shape index (κ1) is 22.3. The molecule has 4 rings (SSSR count). The van der Waals surface area contributed by atoms with Gasteiger partial charge in [-0.15, -0.1) is 0 Å². The van der Waals surface area contributed by atoms with Gasteiger partial charge in [0.05, 0.1) is 24.7 Å². The van der Waals surface area contributed by atoms with Crippen LogP contribution in [0, 0.1) is 0 Å². The zero-order chi connectivity index (χ0) is 21.7. The van der Waals surface area contributed by atoms with E-state index < -0.39 is 17.7 Å². The van der Waals surface area contributed by atoms with Crippen LogP contribution in [0.25, 0.3) is 0 Å². The Morgan fingerprint density at radius 1 is 0.867 bits per heavy atom. The van der Waals surface area contributed by atoms with Gasteiger partial charge in [0.2, 0.25) is 5.91 Å². The third kappa shape index (κ3) is 4.37. The van der Waals surface area contributed by atoms with E-state index in [9.17, 15) is 9.90 Å². The molecular formula is C20H34N2O8. The Balaban J connectivity index is 1.32. The molecule has 4 saturated heterocycles. The second-order valence-corrected chi connectivity index (χ2v) is 9.31. The van der Waals surface area contributed by atoms with E-state index in [1.807, 2.05) is 27.7 Å². The Morgan fingerprint density at radius 2 is 1.37 bits per heavy atom. The lowest BCUT2D eigenvalue weighted by Crippen LogP contribution is -2.41. The van der Waals surface area contributed by atoms with Gasteiger partial charge in [0, 0.05) is 19.7 Å². The van der Waals surface area contributed by atoms with Crippen molar-refractivity contribution in [1.29, 1.82) is 0 Å². The molecule has 0 aliphatic carbocycles. The van der Waals surface area contributed by atoms with Crippen LogP contribution in [-0.2, 0) is 33.2 Å². The van der Waals surface area contributed by atoms with E-state index >= 15 is 0 Å². The number of aliphatic hydroxyl groups excluding tert-OH is 1. The number of carbonyl (C=O) groups is 1. The second kappa shape index (κ2) is 8.25. The SMILES string of the molecule is CC1(C)O[C@@H]2[C@H](O1)[C@@H](CN)O[C@H]2CC(=O)NC[C@H]1O[C@@H](CCO)[C@@H]2OC(C)(C)O[C@@H]21. The summed E-state index contributed by atoms with van der Waals surface area (Å²) in [6, 6.07) is 0. The summed E-state index contributed by atoms with van der Waals surface area (Å²) in [4.78, 5) is 12.6. The molecule has 0 spiro atoms. The average molecular weight is 430 g/mol. The summed E-state index contributed by atoms with van der Waals surface area (Å²) in [6.45, 7) is 7.98. The number of nitrogens with one attached hydrogen (secondary N) is 1. The summed E-state index contributed by atoms with van der Waals surface area (Å²) >= 11 is 0. The van der Waals surface area contributed by atoms with E-state index in [-0.39, 0.29) is 68.2 Å². The third-order valence-corrected chi connectivity index (χ3v) is 6.03. The molecule has 4 N–H and O–H groups in total. The standard InChI is InChI=1S/C20H34N2O8/c1-19(2)27-15-10(5-6-23)25-13(18(15)30-19)9-22-14(24)7-11-16-17(12(8-21)26-11)29-20(3,4)28-16/h10-13,15-18,23H,5-9,21H2,1-4H3,(H,22,24)/t10-,11-,12+,13+,15-,16-,17+,18+/m0/s1. The van der Waals surface area contributed by atoms with E-state index in [2.05, 4.69) is 5.32 Å². The molecule has 0 saturated carbocycles. The Morgan fingerprint density at radius 3 is 1.93 bits per heavy atom. The number of hydrogen-bond donors (Lipinski definition) is 3. The fourth-order valence-corrected chi connectivity index (χ4v) is 4.89. The minimum Gasteiger partial charge on any atom is -0.396 e. The van der Waals surface area contributed by atoms with Crippen LogP contribution in [0.2, 0.25) is 0 Å². The summed E-state index contributed by atoms with van der Waals surface area (Å²) in [5, 5.41) is 12.2. The lowest BCUT2D eigenvalue weighted by molar-refractivity contribution is -0.188. The maximum absolute atomic E-state index is 12.6. The van der Waals surface area contributed by atoms with Gasteiger partial charge >= 0.3 is 0 Å². The van der Waals surface area contributed by atoms with Crippen LogP contribution >= 0.6 is 0 Å². The summed E-state index contributed by atoms with van der Waals surface area (Å²) in [6.07, 6.45) is -1.88. The molecule has 0 aromatic carbocycles. The first-order chi connectivity index (χ1) is 14.1. The summed E-state index contributed by atoms with van der Waals surface area (Å²) in [5.41, 5.74) is 5.80. The lowest BCUT2D eigenvalue weighted by atomic mass is 10.0. The van der Waals surface area contributed by atoms with Crippen LogP contribution in [0.5, 0.6) is 0 Å². The molecule has 0 aromatic heterocycles. The van der Waals surface area contributed by atoms with Gasteiger partial charge < -0.3 is 44.6 Å². The van der Waals surface area contributed by atoms with Crippen LogP contribution in [0.1, 0.15) is 40.5 Å². The van der Waals surface area contributed by atoms with Gasteiger partial charge in [0.25, 0.3) is 0 Å². The van der Waals surface area contributed by atoms with Crippen LogP contribution in [0.3, 0.4) is 0 Å². The number of fused-ring (bicyclic) bond motifs is 2. The third-order valence-electron chi connectivity index (χ3n) is 6.03. The van der Waals surface area contributed by atoms with Crippen molar-refractivity contribution in [3.8, 4) is 0 Å². The molecule has 4 aliphatic rings. The van der Waals surface area contributed by atoms with Gasteiger partial charge in [0.15, 0.2) is 11.6 Å². The number of ether oxygens (including phenoxy) is 6. The maximum Gasteiger partial charge on any atom is 0.222 e. The second-order valence-electron chi connectivity index (χ2n) is 9.31. The van der Waals surface area contributed by atoms with Gasteiger partial charge in [-0.3, -0.25) is 4.79 Å². The fraction of sp³-hybridized carbons (Fsp3) is 0.950. The molecule has 8 atom stereocenters. The number of nitrogens with two attached hydrogens (primary N) is 1. The number of rotatable bonds is 7. The zero-order valence-electron chi connectivity index (χ0n) is 18.0. The molecule has 0 bridgehead atoms. The van der Waals surface area contributed by atoms with Gasteiger partial charge in [0.1, 0.15) is 30.5 Å². The Labute approximate surface area is 176 Å². The van der Waals surface area contributed by atoms with Crippen molar-refractivity contribution in [3.05, 3.63) is 0 Å². The predicted octanol–water partition coefficient (Wildman–Crippen LogP) is -0.591. The molecule has 10 nitrogen and oxygen atoms in total. The smallest absolute Gasteiger partial charge is 0.222 e. The summed E-state index contributed by atoms with van der Waals surface area (Å²) in [7, 11) is 0. The van der Waals surface area contributed by atoms with Crippen LogP contribution in [0.4, 0.5) is 0 Å². The van der Waals surface area contributed by atoms with E-state index in [1.165, 1.54) is 0 Å². The Kier molecular flexibility index (Phi) is 6.15. The molecule has 4 fully saturated rings. The van der Waals surface area contributed by atoms with Crippen molar-refractivity contribution in [2.24, 2.45) is 5.73 Å². The molecule has 0 aromatic rings. The van der Waals surface area contributed by atoms with Crippen molar-refractivity contribution in [2.45, 2.75) is 101 Å². The van der Waals surface area contributed by atoms with Crippen molar-refractivity contribution in [3.63, 3.8) is 0 Å². The number of hydrogen-bond acceptors (Lipinski definition) is 9. The maximum atomic E-state index is 12.6. The highest BCUT2D eigenvalue weighted by molar-refractivity contribution is 5.76. The molecule has 172 valence electrons. The van der Waals surface area contributed by atoms with Crippen LogP contribution in [-0.4, -0.2) is 91.1 Å². The van der Waals surface area contributed by atoms with Crippen molar-refractivity contribution in [1.82, 2.24) is 5.32 Å². The number of aliphatic hydroxyl groups is 1. The summed E-state index contributed by atoms with van der Waals surface area (Å²) in [5.74, 6) is -1.61. The molecular weight excluding hydrogens is 396 g/mol. The van der Waals surface area contributed by atoms with Crippen LogP contribution < -0.4 is 11.1 Å². The first-order valence-electron chi connectivity index (χ1n) is 10.7.